The number of sulfonamides is 1. The van der Waals surface area contributed by atoms with Crippen LogP contribution in [0.5, 0.6) is 0 Å². The van der Waals surface area contributed by atoms with Crippen molar-refractivity contribution in [1.82, 2.24) is 4.90 Å². The zero-order valence-electron chi connectivity index (χ0n) is 18.9. The van der Waals surface area contributed by atoms with Crippen molar-refractivity contribution in [2.24, 2.45) is 0 Å². The van der Waals surface area contributed by atoms with Crippen LogP contribution in [0.1, 0.15) is 45.7 Å². The van der Waals surface area contributed by atoms with Gasteiger partial charge in [-0.15, -0.1) is 0 Å². The molecule has 2 aromatic carbocycles. The number of rotatable bonds is 7. The van der Waals surface area contributed by atoms with Crippen LogP contribution in [0.2, 0.25) is 0 Å². The molecule has 0 aliphatic carbocycles. The molecule has 0 unspecified atom stereocenters. The number of likely N-dealkylation sites (N-methyl/N-ethyl adjacent to an activating group) is 1. The molecule has 0 saturated carbocycles. The van der Waals surface area contributed by atoms with Crippen LogP contribution >= 0.6 is 0 Å². The molecule has 2 rings (SSSR count). The highest BCUT2D eigenvalue weighted by Crippen LogP contribution is 2.32. The lowest BCUT2D eigenvalue weighted by molar-refractivity contribution is -0.137. The number of halogens is 3. The molecule has 0 radical (unpaired) electrons. The number of anilines is 1. The fraction of sp³-hybridized carbons (Fsp3) is 0.435. The summed E-state index contributed by atoms with van der Waals surface area (Å²) < 4.78 is 66.7. The third-order valence-corrected chi connectivity index (χ3v) is 6.97. The van der Waals surface area contributed by atoms with Crippen molar-refractivity contribution in [2.75, 3.05) is 23.9 Å². The second-order valence-corrected chi connectivity index (χ2v) is 10.3. The fourth-order valence-electron chi connectivity index (χ4n) is 3.19. The van der Waals surface area contributed by atoms with Crippen LogP contribution < -0.4 is 4.31 Å². The van der Waals surface area contributed by atoms with Gasteiger partial charge in [-0.25, -0.2) is 8.42 Å². The van der Waals surface area contributed by atoms with Gasteiger partial charge in [0, 0.05) is 13.1 Å². The van der Waals surface area contributed by atoms with Gasteiger partial charge >= 0.3 is 6.18 Å². The van der Waals surface area contributed by atoms with E-state index in [9.17, 15) is 26.4 Å². The Morgan fingerprint density at radius 1 is 0.844 bits per heavy atom. The number of carbonyl (C=O) groups excluding carboxylic acids is 1. The summed E-state index contributed by atoms with van der Waals surface area (Å²) in [7, 11) is -4.21. The minimum Gasteiger partial charge on any atom is -0.342 e. The molecular formula is C23H29F3N2O3S. The number of nitrogens with zero attached hydrogens (tertiary/aromatic N) is 2. The Morgan fingerprint density at radius 2 is 1.31 bits per heavy atom. The van der Waals surface area contributed by atoms with Crippen molar-refractivity contribution in [3.8, 4) is 0 Å². The molecular weight excluding hydrogens is 441 g/mol. The molecule has 1 amide bonds. The van der Waals surface area contributed by atoms with Gasteiger partial charge in [0.25, 0.3) is 10.0 Å². The molecule has 0 atom stereocenters. The molecule has 0 fully saturated rings. The molecule has 176 valence electrons. The minimum atomic E-state index is -4.55. The first-order chi connectivity index (χ1) is 14.7. The molecule has 0 aliphatic heterocycles. The molecule has 0 saturated heterocycles. The van der Waals surface area contributed by atoms with Crippen LogP contribution in [0, 0.1) is 0 Å². The summed E-state index contributed by atoms with van der Waals surface area (Å²) in [6, 6.07) is 10.1. The minimum absolute atomic E-state index is 0.0154. The first kappa shape index (κ1) is 25.7. The number of hydrogen-bond acceptors (Lipinski definition) is 3. The van der Waals surface area contributed by atoms with Gasteiger partial charge < -0.3 is 4.90 Å². The van der Waals surface area contributed by atoms with Crippen LogP contribution in [0.25, 0.3) is 0 Å². The summed E-state index contributed by atoms with van der Waals surface area (Å²) in [6.45, 7) is 9.77. The fourth-order valence-corrected chi connectivity index (χ4v) is 4.60. The van der Waals surface area contributed by atoms with E-state index >= 15 is 0 Å². The third kappa shape index (κ3) is 5.82. The summed E-state index contributed by atoms with van der Waals surface area (Å²) in [5.41, 5.74) is -0.174. The summed E-state index contributed by atoms with van der Waals surface area (Å²) in [4.78, 5) is 14.1. The molecule has 2 aromatic rings. The number of carbonyl (C=O) groups is 1. The number of hydrogen-bond donors (Lipinski definition) is 0. The quantitative estimate of drug-likeness (QED) is 0.568. The molecule has 0 N–H and O–H groups in total. The third-order valence-electron chi connectivity index (χ3n) is 5.19. The summed E-state index contributed by atoms with van der Waals surface area (Å²) in [5, 5.41) is 0. The van der Waals surface area contributed by atoms with Crippen molar-refractivity contribution in [1.29, 1.82) is 0 Å². The lowest BCUT2D eigenvalue weighted by Gasteiger charge is -2.28. The summed E-state index contributed by atoms with van der Waals surface area (Å²) in [6.07, 6.45) is -4.55. The van der Waals surface area contributed by atoms with E-state index in [-0.39, 0.29) is 16.0 Å². The van der Waals surface area contributed by atoms with Gasteiger partial charge in [-0.05, 0) is 61.2 Å². The summed E-state index contributed by atoms with van der Waals surface area (Å²) >= 11 is 0. The molecule has 0 aromatic heterocycles. The lowest BCUT2D eigenvalue weighted by atomic mass is 9.87. The highest BCUT2D eigenvalue weighted by molar-refractivity contribution is 7.92. The molecule has 32 heavy (non-hydrogen) atoms. The predicted molar refractivity (Wildman–Crippen MR) is 119 cm³/mol. The Balaban J connectivity index is 2.53. The first-order valence-corrected chi connectivity index (χ1v) is 11.7. The van der Waals surface area contributed by atoms with Crippen molar-refractivity contribution in [3.05, 3.63) is 59.7 Å². The van der Waals surface area contributed by atoms with Crippen molar-refractivity contribution in [2.45, 2.75) is 51.1 Å². The maximum Gasteiger partial charge on any atom is 0.416 e. The zero-order valence-corrected chi connectivity index (χ0v) is 19.7. The maximum atomic E-state index is 13.4. The normalized spacial score (nSPS) is 12.5. The van der Waals surface area contributed by atoms with Gasteiger partial charge in [0.2, 0.25) is 5.91 Å². The molecule has 0 spiro atoms. The Morgan fingerprint density at radius 3 is 1.72 bits per heavy atom. The smallest absolute Gasteiger partial charge is 0.342 e. The average molecular weight is 471 g/mol. The second-order valence-electron chi connectivity index (χ2n) is 8.40. The number of benzene rings is 2. The zero-order chi connectivity index (χ0) is 24.3. The van der Waals surface area contributed by atoms with Gasteiger partial charge in [-0.1, -0.05) is 32.9 Å². The molecule has 0 bridgehead atoms. The van der Waals surface area contributed by atoms with Crippen LogP contribution in [-0.2, 0) is 26.4 Å². The van der Waals surface area contributed by atoms with E-state index in [0.29, 0.717) is 13.1 Å². The maximum absolute atomic E-state index is 13.4. The van der Waals surface area contributed by atoms with Gasteiger partial charge in [0.05, 0.1) is 16.1 Å². The van der Waals surface area contributed by atoms with E-state index < -0.39 is 34.2 Å². The van der Waals surface area contributed by atoms with E-state index in [1.54, 1.807) is 26.0 Å². The number of alkyl halides is 3. The first-order valence-electron chi connectivity index (χ1n) is 10.3. The van der Waals surface area contributed by atoms with Gasteiger partial charge in [-0.2, -0.15) is 13.2 Å². The van der Waals surface area contributed by atoms with E-state index in [1.165, 1.54) is 17.0 Å². The SMILES string of the molecule is CCN(CC)C(=O)CN(c1ccc(C(F)(F)F)cc1)S(=O)(=O)c1ccc(C(C)(C)C)cc1. The van der Waals surface area contributed by atoms with Crippen LogP contribution in [0.3, 0.4) is 0 Å². The Kier molecular flexibility index (Phi) is 7.65. The number of amides is 1. The average Bonchev–Trinajstić information content (AvgIpc) is 2.71. The molecule has 0 heterocycles. The molecule has 0 aliphatic rings. The Bertz CT molecular complexity index is 1020. The van der Waals surface area contributed by atoms with Gasteiger partial charge in [0.1, 0.15) is 6.54 Å². The van der Waals surface area contributed by atoms with Crippen LogP contribution in [0.4, 0.5) is 18.9 Å². The van der Waals surface area contributed by atoms with E-state index in [1.807, 2.05) is 20.8 Å². The predicted octanol–water partition coefficient (Wildman–Crippen LogP) is 5.07. The van der Waals surface area contributed by atoms with Crippen molar-refractivity contribution in [3.63, 3.8) is 0 Å². The molecule has 5 nitrogen and oxygen atoms in total. The van der Waals surface area contributed by atoms with Crippen LogP contribution in [0.15, 0.2) is 53.4 Å². The Hall–Kier alpha value is -2.55. The van der Waals surface area contributed by atoms with E-state index in [0.717, 1.165) is 34.1 Å². The van der Waals surface area contributed by atoms with Gasteiger partial charge in [0.15, 0.2) is 0 Å². The lowest BCUT2D eigenvalue weighted by Crippen LogP contribution is -2.43. The van der Waals surface area contributed by atoms with Crippen molar-refractivity contribution >= 4 is 21.6 Å². The largest absolute Gasteiger partial charge is 0.416 e. The monoisotopic (exact) mass is 470 g/mol. The standard InChI is InChI=1S/C23H29F3N2O3S/c1-6-27(7-2)21(29)16-28(19-12-8-18(9-13-19)23(24,25)26)32(30,31)20-14-10-17(11-15-20)22(3,4)5/h8-15H,6-7,16H2,1-5H3. The highest BCUT2D eigenvalue weighted by atomic mass is 32.2. The van der Waals surface area contributed by atoms with Gasteiger partial charge in [-0.3, -0.25) is 9.10 Å². The summed E-state index contributed by atoms with van der Waals surface area (Å²) in [5.74, 6) is -0.440. The highest BCUT2D eigenvalue weighted by Gasteiger charge is 2.32. The Labute approximate surface area is 187 Å². The van der Waals surface area contributed by atoms with Crippen LogP contribution in [-0.4, -0.2) is 38.9 Å². The van der Waals surface area contributed by atoms with Crippen molar-refractivity contribution < 1.29 is 26.4 Å². The molecule has 9 heteroatoms. The topological polar surface area (TPSA) is 57.7 Å². The van der Waals surface area contributed by atoms with E-state index in [2.05, 4.69) is 0 Å². The second kappa shape index (κ2) is 9.52. The van der Waals surface area contributed by atoms with E-state index in [4.69, 9.17) is 0 Å².